The molecule has 6 N–H and O–H groups in total. The predicted molar refractivity (Wildman–Crippen MR) is 170 cm³/mol. The molecule has 0 aliphatic carbocycles. The number of β-amino-alcohol motifs (C(OH)–C–C–N with tert-alkyl or cyclic N) is 1. The molecule has 2 amide bonds. The average Bonchev–Trinajstić information content (AvgIpc) is 3.11. The monoisotopic (exact) mass is 642 g/mol. The number of ether oxygens (including phenoxy) is 1. The SMILES string of the molecule is COc1ccc2c(c1)SC[C@@H](NC(=O)CC(C)(C)NC[C@H](O)CO)C(=O)N2Cc1ccc(-c2ccccc2S(N)(=O)=O)cc1. The number of hydrogen-bond acceptors (Lipinski definition) is 9. The van der Waals surface area contributed by atoms with Crippen molar-refractivity contribution in [2.24, 2.45) is 5.14 Å². The third-order valence-electron chi connectivity index (χ3n) is 7.19. The summed E-state index contributed by atoms with van der Waals surface area (Å²) in [5.74, 6) is 0.338. The van der Waals surface area contributed by atoms with Crippen molar-refractivity contribution in [1.82, 2.24) is 10.6 Å². The van der Waals surface area contributed by atoms with Crippen molar-refractivity contribution in [3.63, 3.8) is 0 Å². The van der Waals surface area contributed by atoms with Crippen molar-refractivity contribution in [2.45, 2.75) is 54.3 Å². The third-order valence-corrected chi connectivity index (χ3v) is 9.30. The number of carbonyl (C=O) groups excluding carboxylic acids is 2. The van der Waals surface area contributed by atoms with Gasteiger partial charge in [-0.05, 0) is 49.2 Å². The lowest BCUT2D eigenvalue weighted by Crippen LogP contribution is -2.52. The van der Waals surface area contributed by atoms with Crippen molar-refractivity contribution in [2.75, 3.05) is 30.9 Å². The Morgan fingerprint density at radius 3 is 2.52 bits per heavy atom. The van der Waals surface area contributed by atoms with Crippen molar-refractivity contribution < 1.29 is 33.0 Å². The van der Waals surface area contributed by atoms with Gasteiger partial charge in [0.15, 0.2) is 0 Å². The Balaban J connectivity index is 1.57. The summed E-state index contributed by atoms with van der Waals surface area (Å²) in [6.07, 6.45) is -0.902. The van der Waals surface area contributed by atoms with E-state index in [0.717, 1.165) is 10.5 Å². The quantitative estimate of drug-likeness (QED) is 0.199. The summed E-state index contributed by atoms with van der Waals surface area (Å²) < 4.78 is 29.6. The number of primary sulfonamides is 1. The van der Waals surface area contributed by atoms with E-state index in [1.54, 1.807) is 62.3 Å². The summed E-state index contributed by atoms with van der Waals surface area (Å²) in [4.78, 5) is 29.6. The summed E-state index contributed by atoms with van der Waals surface area (Å²) in [5, 5.41) is 30.1. The van der Waals surface area contributed by atoms with Gasteiger partial charge in [-0.15, -0.1) is 11.8 Å². The first-order chi connectivity index (χ1) is 20.8. The zero-order valence-corrected chi connectivity index (χ0v) is 26.5. The molecular formula is C31H38N4O7S2. The zero-order chi connectivity index (χ0) is 32.1. The number of nitrogens with two attached hydrogens (primary N) is 1. The number of aliphatic hydroxyl groups excluding tert-OH is 2. The van der Waals surface area contributed by atoms with Gasteiger partial charge in [-0.1, -0.05) is 42.5 Å². The minimum Gasteiger partial charge on any atom is -0.497 e. The second kappa shape index (κ2) is 14.1. The van der Waals surface area contributed by atoms with E-state index in [4.69, 9.17) is 15.0 Å². The first kappa shape index (κ1) is 33.4. The lowest BCUT2D eigenvalue weighted by molar-refractivity contribution is -0.128. The lowest BCUT2D eigenvalue weighted by Gasteiger charge is -2.29. The number of fused-ring (bicyclic) bond motifs is 1. The normalized spacial score (nSPS) is 16.2. The summed E-state index contributed by atoms with van der Waals surface area (Å²) in [5.41, 5.74) is 1.92. The van der Waals surface area contributed by atoms with E-state index in [0.29, 0.717) is 28.3 Å². The molecule has 0 spiro atoms. The fraction of sp³-hybridized carbons (Fsp3) is 0.355. The van der Waals surface area contributed by atoms with Crippen LogP contribution in [0.1, 0.15) is 25.8 Å². The van der Waals surface area contributed by atoms with Crippen molar-refractivity contribution in [1.29, 1.82) is 0 Å². The van der Waals surface area contributed by atoms with Gasteiger partial charge in [0.25, 0.3) is 5.91 Å². The van der Waals surface area contributed by atoms with Crippen LogP contribution in [-0.2, 0) is 26.2 Å². The molecule has 3 aromatic rings. The van der Waals surface area contributed by atoms with Crippen LogP contribution in [-0.4, -0.2) is 74.1 Å². The number of nitrogens with zero attached hydrogens (tertiary/aromatic N) is 1. The third kappa shape index (κ3) is 8.37. The maximum Gasteiger partial charge on any atom is 0.250 e. The molecule has 0 unspecified atom stereocenters. The first-order valence-electron chi connectivity index (χ1n) is 14.0. The van der Waals surface area contributed by atoms with Crippen LogP contribution in [0, 0.1) is 0 Å². The smallest absolute Gasteiger partial charge is 0.250 e. The van der Waals surface area contributed by atoms with E-state index in [9.17, 15) is 23.1 Å². The number of benzene rings is 3. The Kier molecular flexibility index (Phi) is 10.7. The highest BCUT2D eigenvalue weighted by Gasteiger charge is 2.33. The van der Waals surface area contributed by atoms with Gasteiger partial charge >= 0.3 is 0 Å². The number of hydrogen-bond donors (Lipinski definition) is 5. The van der Waals surface area contributed by atoms with Crippen LogP contribution in [0.15, 0.2) is 76.5 Å². The van der Waals surface area contributed by atoms with E-state index in [1.165, 1.54) is 17.8 Å². The zero-order valence-electron chi connectivity index (χ0n) is 24.8. The number of sulfonamides is 1. The number of rotatable bonds is 12. The maximum atomic E-state index is 14.0. The van der Waals surface area contributed by atoms with Gasteiger partial charge in [-0.2, -0.15) is 0 Å². The fourth-order valence-electron chi connectivity index (χ4n) is 4.87. The molecule has 0 radical (unpaired) electrons. The highest BCUT2D eigenvalue weighted by atomic mass is 32.2. The average molecular weight is 643 g/mol. The van der Waals surface area contributed by atoms with Crippen LogP contribution < -0.4 is 25.4 Å². The molecule has 1 heterocycles. The summed E-state index contributed by atoms with van der Waals surface area (Å²) in [7, 11) is -2.36. The number of anilines is 1. The van der Waals surface area contributed by atoms with Crippen LogP contribution in [0.5, 0.6) is 5.75 Å². The van der Waals surface area contributed by atoms with Crippen LogP contribution in [0.4, 0.5) is 5.69 Å². The molecule has 0 aromatic heterocycles. The van der Waals surface area contributed by atoms with Gasteiger partial charge in [-0.3, -0.25) is 9.59 Å². The Morgan fingerprint density at radius 2 is 1.86 bits per heavy atom. The van der Waals surface area contributed by atoms with Crippen LogP contribution >= 0.6 is 11.8 Å². The Morgan fingerprint density at radius 1 is 1.16 bits per heavy atom. The number of thioether (sulfide) groups is 1. The van der Waals surface area contributed by atoms with E-state index in [-0.39, 0.29) is 36.2 Å². The number of amides is 2. The molecule has 0 bridgehead atoms. The van der Waals surface area contributed by atoms with E-state index < -0.39 is 34.3 Å². The van der Waals surface area contributed by atoms with E-state index in [1.807, 2.05) is 24.3 Å². The van der Waals surface area contributed by atoms with E-state index >= 15 is 0 Å². The number of nitrogens with one attached hydrogen (secondary N) is 2. The van der Waals surface area contributed by atoms with Gasteiger partial charge in [-0.25, -0.2) is 13.6 Å². The molecular weight excluding hydrogens is 604 g/mol. The molecule has 2 atom stereocenters. The number of carbonyl (C=O) groups is 2. The number of aliphatic hydroxyl groups is 2. The maximum absolute atomic E-state index is 14.0. The molecule has 0 saturated heterocycles. The molecule has 3 aromatic carbocycles. The van der Waals surface area contributed by atoms with Crippen molar-refractivity contribution >= 4 is 39.3 Å². The second-order valence-electron chi connectivity index (χ2n) is 11.2. The molecule has 0 fully saturated rings. The fourth-order valence-corrected chi connectivity index (χ4v) is 6.73. The Labute approximate surface area is 261 Å². The van der Waals surface area contributed by atoms with Crippen LogP contribution in [0.25, 0.3) is 11.1 Å². The van der Waals surface area contributed by atoms with Crippen LogP contribution in [0.3, 0.4) is 0 Å². The van der Waals surface area contributed by atoms with Crippen LogP contribution in [0.2, 0.25) is 0 Å². The molecule has 13 heteroatoms. The van der Waals surface area contributed by atoms with Gasteiger partial charge in [0.2, 0.25) is 15.9 Å². The summed E-state index contributed by atoms with van der Waals surface area (Å²) in [6, 6.07) is 18.4. The van der Waals surface area contributed by atoms with Crippen molar-refractivity contribution in [3.05, 3.63) is 72.3 Å². The minimum atomic E-state index is -3.93. The highest BCUT2D eigenvalue weighted by Crippen LogP contribution is 2.38. The molecule has 4 rings (SSSR count). The van der Waals surface area contributed by atoms with Crippen molar-refractivity contribution in [3.8, 4) is 16.9 Å². The summed E-state index contributed by atoms with van der Waals surface area (Å²) in [6.45, 7) is 3.54. The van der Waals surface area contributed by atoms with E-state index in [2.05, 4.69) is 10.6 Å². The topological polar surface area (TPSA) is 171 Å². The molecule has 11 nitrogen and oxygen atoms in total. The molecule has 236 valence electrons. The Bertz CT molecular complexity index is 1600. The first-order valence-corrected chi connectivity index (χ1v) is 16.5. The molecule has 1 aliphatic heterocycles. The van der Waals surface area contributed by atoms with Gasteiger partial charge < -0.3 is 30.5 Å². The lowest BCUT2D eigenvalue weighted by atomic mass is 9.99. The minimum absolute atomic E-state index is 0.0249. The largest absolute Gasteiger partial charge is 0.497 e. The Hall–Kier alpha value is -3.46. The molecule has 1 aliphatic rings. The van der Waals surface area contributed by atoms with Gasteiger partial charge in [0.1, 0.15) is 11.8 Å². The summed E-state index contributed by atoms with van der Waals surface area (Å²) >= 11 is 1.44. The highest BCUT2D eigenvalue weighted by molar-refractivity contribution is 7.99. The number of methoxy groups -OCH3 is 1. The van der Waals surface area contributed by atoms with Gasteiger partial charge in [0.05, 0.1) is 36.9 Å². The predicted octanol–water partition coefficient (Wildman–Crippen LogP) is 2.24. The second-order valence-corrected chi connectivity index (χ2v) is 13.8. The molecule has 44 heavy (non-hydrogen) atoms. The standard InChI is InChI=1S/C31H38N4O7S2/c1-31(2,33-16-22(37)18-36)15-29(38)34-25-19-43-27-14-23(42-3)12-13-26(27)35(30(25)39)17-20-8-10-21(11-9-20)24-6-4-5-7-28(24)44(32,40)41/h4-14,22,25,33,36-37H,15-19H2,1-3H3,(H,34,38)(H2,32,40,41)/t22-,25+/m0/s1. The molecule has 0 saturated carbocycles. The van der Waals surface area contributed by atoms with Gasteiger partial charge in [0, 0.05) is 34.7 Å².